The Morgan fingerprint density at radius 1 is 0.708 bits per heavy atom. The molecule has 7 nitrogen and oxygen atoms in total. The normalized spacial score (nSPS) is 14.2. The summed E-state index contributed by atoms with van der Waals surface area (Å²) < 4.78 is 29.8. The third kappa shape index (κ3) is 21.3. The van der Waals surface area contributed by atoms with E-state index in [0.29, 0.717) is 6.42 Å². The number of hydrogen-bond donors (Lipinski definition) is 3. The van der Waals surface area contributed by atoms with Gasteiger partial charge in [0.2, 0.25) is 0 Å². The Kier molecular flexibility index (Phi) is 18.8. The van der Waals surface area contributed by atoms with Crippen LogP contribution in [0.25, 0.3) is 0 Å². The molecule has 0 aromatic carbocycles. The molecule has 0 aromatic rings. The molecule has 0 aromatic heterocycles. The predicted octanol–water partition coefficient (Wildman–Crippen LogP) is 4.27. The summed E-state index contributed by atoms with van der Waals surface area (Å²) in [6, 6.07) is 0. The summed E-state index contributed by atoms with van der Waals surface area (Å²) in [6.07, 6.45) is 13.9. The summed E-state index contributed by atoms with van der Waals surface area (Å²) in [5.41, 5.74) is 0. The van der Waals surface area contributed by atoms with Gasteiger partial charge in [-0.05, 0) is 6.42 Å². The Labute approximate surface area is 168 Å². The van der Waals surface area contributed by atoms with Crippen LogP contribution in [0.1, 0.15) is 84.0 Å². The van der Waals surface area contributed by atoms with E-state index in [0.717, 1.165) is 19.3 Å². The van der Waals surface area contributed by atoms with Crippen LogP contribution < -0.4 is 0 Å². The van der Waals surface area contributed by atoms with Crippen molar-refractivity contribution < 1.29 is 32.6 Å². The zero-order chi connectivity index (χ0) is 17.6. The van der Waals surface area contributed by atoms with E-state index in [1.54, 1.807) is 0 Å². The van der Waals surface area contributed by atoms with Crippen molar-refractivity contribution in [2.24, 2.45) is 0 Å². The number of hydrogen-bond acceptors (Lipinski definition) is 4. The van der Waals surface area contributed by atoms with E-state index in [2.05, 4.69) is 15.8 Å². The van der Waals surface area contributed by atoms with E-state index in [-0.39, 0.29) is 36.2 Å². The molecule has 0 aliphatic rings. The molecule has 0 saturated heterocycles. The van der Waals surface area contributed by atoms with Gasteiger partial charge in [0.1, 0.15) is 0 Å². The standard InChI is InChI=1S/C14H32O7P2.Na.H/c1-2-3-4-5-6-7-8-9-10-11-12-13-14-20-23(18,19)21-22(15,16)17;;/h2-14H2,1H3,(H,18,19)(H2,15,16,17);;. The topological polar surface area (TPSA) is 113 Å². The summed E-state index contributed by atoms with van der Waals surface area (Å²) in [4.78, 5) is 25.9. The average Bonchev–Trinajstić information content (AvgIpc) is 2.41. The quantitative estimate of drug-likeness (QED) is 0.202. The fraction of sp³-hybridized carbons (Fsp3) is 1.00. The molecule has 0 spiro atoms. The molecule has 1 atom stereocenters. The Bertz CT molecular complexity index is 376. The average molecular weight is 398 g/mol. The van der Waals surface area contributed by atoms with Gasteiger partial charge >= 0.3 is 45.2 Å². The van der Waals surface area contributed by atoms with Gasteiger partial charge in [-0.2, -0.15) is 4.31 Å². The predicted molar refractivity (Wildman–Crippen MR) is 97.1 cm³/mol. The molecule has 0 saturated carbocycles. The maximum atomic E-state index is 11.1. The number of unbranched alkanes of at least 4 members (excludes halogenated alkanes) is 11. The first kappa shape index (κ1) is 27.5. The molecule has 0 amide bonds. The zero-order valence-corrected chi connectivity index (χ0v) is 15.9. The van der Waals surface area contributed by atoms with Gasteiger partial charge in [0, 0.05) is 0 Å². The van der Waals surface area contributed by atoms with Gasteiger partial charge in [0.25, 0.3) is 0 Å². The summed E-state index contributed by atoms with van der Waals surface area (Å²) in [5.74, 6) is 0. The first-order chi connectivity index (χ1) is 10.8. The Balaban J connectivity index is 0. The third-order valence-electron chi connectivity index (χ3n) is 3.46. The second kappa shape index (κ2) is 16.4. The van der Waals surface area contributed by atoms with Crippen LogP contribution in [-0.4, -0.2) is 50.8 Å². The molecule has 24 heavy (non-hydrogen) atoms. The van der Waals surface area contributed by atoms with Crippen molar-refractivity contribution in [2.75, 3.05) is 6.61 Å². The van der Waals surface area contributed by atoms with Crippen LogP contribution in [0.15, 0.2) is 0 Å². The molecular weight excluding hydrogens is 365 g/mol. The van der Waals surface area contributed by atoms with E-state index in [1.807, 2.05) is 0 Å². The monoisotopic (exact) mass is 398 g/mol. The van der Waals surface area contributed by atoms with E-state index >= 15 is 0 Å². The Morgan fingerprint density at radius 3 is 1.46 bits per heavy atom. The first-order valence-corrected chi connectivity index (χ1v) is 11.5. The molecule has 0 radical (unpaired) electrons. The van der Waals surface area contributed by atoms with Crippen LogP contribution in [0, 0.1) is 0 Å². The third-order valence-corrected chi connectivity index (χ3v) is 5.65. The van der Waals surface area contributed by atoms with Crippen molar-refractivity contribution in [3.63, 3.8) is 0 Å². The fourth-order valence-electron chi connectivity index (χ4n) is 2.28. The van der Waals surface area contributed by atoms with Crippen molar-refractivity contribution >= 4 is 45.2 Å². The van der Waals surface area contributed by atoms with Gasteiger partial charge in [0.15, 0.2) is 0 Å². The van der Waals surface area contributed by atoms with Gasteiger partial charge in [-0.15, -0.1) is 0 Å². The summed E-state index contributed by atoms with van der Waals surface area (Å²) in [7, 11) is -9.67. The van der Waals surface area contributed by atoms with Crippen LogP contribution in [0.2, 0.25) is 0 Å². The van der Waals surface area contributed by atoms with Gasteiger partial charge in [0.05, 0.1) is 6.61 Å². The molecule has 0 rings (SSSR count). The zero-order valence-electron chi connectivity index (χ0n) is 14.1. The molecule has 0 fully saturated rings. The molecule has 0 aliphatic heterocycles. The van der Waals surface area contributed by atoms with Crippen molar-refractivity contribution in [3.8, 4) is 0 Å². The van der Waals surface area contributed by atoms with E-state index in [4.69, 9.17) is 14.7 Å². The molecule has 0 bridgehead atoms. The second-order valence-electron chi connectivity index (χ2n) is 5.76. The number of phosphoric acid groups is 2. The van der Waals surface area contributed by atoms with Gasteiger partial charge in [-0.25, -0.2) is 9.13 Å². The fourth-order valence-corrected chi connectivity index (χ4v) is 3.90. The molecule has 0 heterocycles. The summed E-state index contributed by atoms with van der Waals surface area (Å²) in [6.45, 7) is 2.17. The van der Waals surface area contributed by atoms with Crippen molar-refractivity contribution in [1.82, 2.24) is 0 Å². The van der Waals surface area contributed by atoms with Crippen molar-refractivity contribution in [3.05, 3.63) is 0 Å². The molecular formula is C14H33NaO7P2. The van der Waals surface area contributed by atoms with Crippen LogP contribution in [0.4, 0.5) is 0 Å². The van der Waals surface area contributed by atoms with E-state index in [9.17, 15) is 9.13 Å². The van der Waals surface area contributed by atoms with Crippen molar-refractivity contribution in [1.29, 1.82) is 0 Å². The van der Waals surface area contributed by atoms with Crippen LogP contribution in [0.5, 0.6) is 0 Å². The van der Waals surface area contributed by atoms with Gasteiger partial charge in [-0.3, -0.25) is 4.52 Å². The Hall–Kier alpha value is 1.26. The van der Waals surface area contributed by atoms with Gasteiger partial charge < -0.3 is 14.7 Å². The minimum absolute atomic E-state index is 0. The SMILES string of the molecule is CCCCCCCCCCCCCCOP(=O)(O)OP(=O)(O)O.[NaH]. The summed E-state index contributed by atoms with van der Waals surface area (Å²) >= 11 is 0. The van der Waals surface area contributed by atoms with Crippen molar-refractivity contribution in [2.45, 2.75) is 84.0 Å². The second-order valence-corrected chi connectivity index (χ2v) is 8.59. The van der Waals surface area contributed by atoms with Crippen LogP contribution in [0.3, 0.4) is 0 Å². The van der Waals surface area contributed by atoms with Crippen LogP contribution in [-0.2, 0) is 18.0 Å². The molecule has 0 aliphatic carbocycles. The molecule has 10 heteroatoms. The summed E-state index contributed by atoms with van der Waals surface area (Å²) in [5, 5.41) is 0. The molecule has 3 N–H and O–H groups in total. The van der Waals surface area contributed by atoms with Crippen LogP contribution >= 0.6 is 15.6 Å². The van der Waals surface area contributed by atoms with E-state index in [1.165, 1.54) is 51.4 Å². The minimum atomic E-state index is -5.01. The van der Waals surface area contributed by atoms with Gasteiger partial charge in [-0.1, -0.05) is 77.6 Å². The number of rotatable bonds is 16. The Morgan fingerprint density at radius 2 is 1.08 bits per heavy atom. The molecule has 1 unspecified atom stereocenters. The number of phosphoric ester groups is 1. The molecule has 142 valence electrons. The van der Waals surface area contributed by atoms with E-state index < -0.39 is 15.6 Å². The first-order valence-electron chi connectivity index (χ1n) is 8.51. The maximum absolute atomic E-state index is 11.1.